The number of esters is 1. The van der Waals surface area contributed by atoms with Crippen LogP contribution in [0.15, 0.2) is 48.8 Å². The number of aryl methyl sites for hydroxylation is 1. The average molecular weight is 455 g/mol. The highest BCUT2D eigenvalue weighted by Gasteiger charge is 2.30. The molecule has 1 aliphatic heterocycles. The van der Waals surface area contributed by atoms with Crippen LogP contribution in [0.5, 0.6) is 0 Å². The van der Waals surface area contributed by atoms with Gasteiger partial charge in [-0.1, -0.05) is 29.8 Å². The number of hydrogen-bond acceptors (Lipinski definition) is 7. The first-order valence-corrected chi connectivity index (χ1v) is 10.7. The smallest absolute Gasteiger partial charge is 0.344 e. The number of hydrogen-bond donors (Lipinski definition) is 0. The molecule has 3 heterocycles. The van der Waals surface area contributed by atoms with Crippen LogP contribution in [0, 0.1) is 6.92 Å². The highest BCUT2D eigenvalue weighted by Crippen LogP contribution is 2.25. The summed E-state index contributed by atoms with van der Waals surface area (Å²) in [6.45, 7) is 5.43. The molecule has 2 aromatic heterocycles. The van der Waals surface area contributed by atoms with Crippen molar-refractivity contribution in [2.75, 3.05) is 31.1 Å². The lowest BCUT2D eigenvalue weighted by atomic mass is 10.2. The summed E-state index contributed by atoms with van der Waals surface area (Å²) in [6.07, 6.45) is 2.43. The van der Waals surface area contributed by atoms with Gasteiger partial charge in [-0.25, -0.2) is 19.4 Å². The molecule has 4 rings (SSSR count). The fourth-order valence-electron chi connectivity index (χ4n) is 3.58. The maximum atomic E-state index is 12.8. The minimum absolute atomic E-state index is 0.148. The van der Waals surface area contributed by atoms with Gasteiger partial charge in [-0.2, -0.15) is 5.10 Å². The summed E-state index contributed by atoms with van der Waals surface area (Å²) in [7, 11) is 0. The van der Waals surface area contributed by atoms with E-state index in [1.54, 1.807) is 37.2 Å². The summed E-state index contributed by atoms with van der Waals surface area (Å²) in [5.74, 6) is -0.289. The van der Waals surface area contributed by atoms with Crippen LogP contribution in [0.2, 0.25) is 5.15 Å². The van der Waals surface area contributed by atoms with Gasteiger partial charge >= 0.3 is 5.97 Å². The lowest BCUT2D eigenvalue weighted by Crippen LogP contribution is -2.52. The minimum atomic E-state index is -0.947. The Balaban J connectivity index is 1.39. The van der Waals surface area contributed by atoms with Gasteiger partial charge in [0.1, 0.15) is 10.7 Å². The Hall–Kier alpha value is -3.46. The molecule has 9 nitrogen and oxygen atoms in total. The first-order valence-electron chi connectivity index (χ1n) is 10.3. The van der Waals surface area contributed by atoms with Gasteiger partial charge < -0.3 is 14.5 Å². The van der Waals surface area contributed by atoms with E-state index in [2.05, 4.69) is 15.1 Å². The molecule has 10 heteroatoms. The average Bonchev–Trinajstić information content (AvgIpc) is 3.13. The Bertz CT molecular complexity index is 1100. The second-order valence-electron chi connectivity index (χ2n) is 7.41. The van der Waals surface area contributed by atoms with Crippen LogP contribution in [0.25, 0.3) is 5.69 Å². The Morgan fingerprint density at radius 3 is 2.34 bits per heavy atom. The van der Waals surface area contributed by atoms with Crippen molar-refractivity contribution in [1.29, 1.82) is 0 Å². The van der Waals surface area contributed by atoms with E-state index in [1.165, 1.54) is 4.68 Å². The number of amides is 1. The molecule has 0 bridgehead atoms. The largest absolute Gasteiger partial charge is 0.449 e. The third-order valence-electron chi connectivity index (χ3n) is 5.27. The Labute approximate surface area is 190 Å². The maximum Gasteiger partial charge on any atom is 0.344 e. The fraction of sp³-hybridized carbons (Fsp3) is 0.318. The van der Waals surface area contributed by atoms with Crippen molar-refractivity contribution in [3.8, 4) is 5.69 Å². The summed E-state index contributed by atoms with van der Waals surface area (Å²) in [6, 6.07) is 11.0. The van der Waals surface area contributed by atoms with Crippen LogP contribution in [0.4, 0.5) is 5.95 Å². The quantitative estimate of drug-likeness (QED) is 0.547. The lowest BCUT2D eigenvalue weighted by Gasteiger charge is -2.35. The molecule has 0 aliphatic carbocycles. The first kappa shape index (κ1) is 21.8. The number of ether oxygens (including phenoxy) is 1. The van der Waals surface area contributed by atoms with Crippen molar-refractivity contribution in [1.82, 2.24) is 24.6 Å². The second-order valence-corrected chi connectivity index (χ2v) is 7.77. The van der Waals surface area contributed by atoms with Crippen LogP contribution in [0.1, 0.15) is 23.0 Å². The third-order valence-corrected chi connectivity index (χ3v) is 5.62. The Morgan fingerprint density at radius 1 is 1.03 bits per heavy atom. The normalized spacial score (nSPS) is 14.8. The highest BCUT2D eigenvalue weighted by atomic mass is 35.5. The molecule has 1 fully saturated rings. The number of halogens is 1. The van der Waals surface area contributed by atoms with Gasteiger partial charge in [0, 0.05) is 38.6 Å². The van der Waals surface area contributed by atoms with E-state index in [0.29, 0.717) is 37.8 Å². The van der Waals surface area contributed by atoms with Crippen molar-refractivity contribution in [3.05, 3.63) is 65.2 Å². The number of aromatic nitrogens is 4. The van der Waals surface area contributed by atoms with Crippen molar-refractivity contribution >= 4 is 29.4 Å². The van der Waals surface area contributed by atoms with E-state index in [1.807, 2.05) is 35.2 Å². The molecule has 166 valence electrons. The molecule has 1 saturated heterocycles. The van der Waals surface area contributed by atoms with E-state index < -0.39 is 12.1 Å². The summed E-state index contributed by atoms with van der Waals surface area (Å²) < 4.78 is 6.94. The summed E-state index contributed by atoms with van der Waals surface area (Å²) in [5, 5.41) is 4.50. The second kappa shape index (κ2) is 9.35. The number of rotatable bonds is 5. The van der Waals surface area contributed by atoms with E-state index in [4.69, 9.17) is 16.3 Å². The van der Waals surface area contributed by atoms with Gasteiger partial charge in [0.2, 0.25) is 5.95 Å². The number of piperazine rings is 1. The van der Waals surface area contributed by atoms with Gasteiger partial charge in [0.05, 0.1) is 11.4 Å². The zero-order valence-electron chi connectivity index (χ0n) is 17.8. The molecule has 3 aromatic rings. The lowest BCUT2D eigenvalue weighted by molar-refractivity contribution is -0.140. The standard InChI is InChI=1S/C22H23ClN6O3/c1-15-18(19(23)29(26-15)17-7-4-3-5-8-17)21(31)32-16(2)20(30)27-11-13-28(14-12-27)22-24-9-6-10-25-22/h3-10,16H,11-14H2,1-2H3. The molecule has 0 saturated carbocycles. The van der Waals surface area contributed by atoms with Crippen molar-refractivity contribution in [2.24, 2.45) is 0 Å². The molecule has 0 radical (unpaired) electrons. The van der Waals surface area contributed by atoms with E-state index in [9.17, 15) is 9.59 Å². The summed E-state index contributed by atoms with van der Waals surface area (Å²) in [4.78, 5) is 37.8. The van der Waals surface area contributed by atoms with Gasteiger partial charge in [0.15, 0.2) is 6.10 Å². The third kappa shape index (κ3) is 4.43. The zero-order valence-corrected chi connectivity index (χ0v) is 18.6. The monoisotopic (exact) mass is 454 g/mol. The predicted molar refractivity (Wildman–Crippen MR) is 119 cm³/mol. The van der Waals surface area contributed by atoms with Gasteiger partial charge in [-0.05, 0) is 32.0 Å². The first-order chi connectivity index (χ1) is 15.5. The van der Waals surface area contributed by atoms with Crippen LogP contribution >= 0.6 is 11.6 Å². The number of benzene rings is 1. The molecule has 0 spiro atoms. The molecule has 32 heavy (non-hydrogen) atoms. The van der Waals surface area contributed by atoms with Gasteiger partial charge in [-0.3, -0.25) is 4.79 Å². The molecule has 0 N–H and O–H groups in total. The number of anilines is 1. The maximum absolute atomic E-state index is 12.8. The fourth-order valence-corrected chi connectivity index (χ4v) is 3.93. The SMILES string of the molecule is Cc1nn(-c2ccccc2)c(Cl)c1C(=O)OC(C)C(=O)N1CCN(c2ncccn2)CC1. The van der Waals surface area contributed by atoms with Crippen molar-refractivity contribution in [3.63, 3.8) is 0 Å². The molecule has 1 aromatic carbocycles. The molecule has 1 atom stereocenters. The van der Waals surface area contributed by atoms with Gasteiger partial charge in [0.25, 0.3) is 5.91 Å². The van der Waals surface area contributed by atoms with E-state index in [0.717, 1.165) is 5.69 Å². The number of nitrogens with zero attached hydrogens (tertiary/aromatic N) is 6. The van der Waals surface area contributed by atoms with E-state index in [-0.39, 0.29) is 16.6 Å². The molecular weight excluding hydrogens is 432 g/mol. The Morgan fingerprint density at radius 2 is 1.69 bits per heavy atom. The molecule has 1 amide bonds. The highest BCUT2D eigenvalue weighted by molar-refractivity contribution is 6.33. The van der Waals surface area contributed by atoms with Gasteiger partial charge in [-0.15, -0.1) is 0 Å². The number of carbonyl (C=O) groups is 2. The predicted octanol–water partition coefficient (Wildman–Crippen LogP) is 2.52. The van der Waals surface area contributed by atoms with Crippen LogP contribution in [-0.4, -0.2) is 68.8 Å². The number of carbonyl (C=O) groups excluding carboxylic acids is 2. The molecule has 1 unspecified atom stereocenters. The van der Waals surface area contributed by atoms with E-state index >= 15 is 0 Å². The van der Waals surface area contributed by atoms with Crippen molar-refractivity contribution in [2.45, 2.75) is 20.0 Å². The van der Waals surface area contributed by atoms with Crippen LogP contribution in [0.3, 0.4) is 0 Å². The van der Waals surface area contributed by atoms with Crippen LogP contribution in [-0.2, 0) is 9.53 Å². The summed E-state index contributed by atoms with van der Waals surface area (Å²) in [5.41, 5.74) is 1.31. The molecular formula is C22H23ClN6O3. The minimum Gasteiger partial charge on any atom is -0.449 e. The zero-order chi connectivity index (χ0) is 22.7. The topological polar surface area (TPSA) is 93.5 Å². The van der Waals surface area contributed by atoms with Crippen LogP contribution < -0.4 is 4.90 Å². The van der Waals surface area contributed by atoms with Crippen molar-refractivity contribution < 1.29 is 14.3 Å². The molecule has 1 aliphatic rings. The Kier molecular flexibility index (Phi) is 6.36. The summed E-state index contributed by atoms with van der Waals surface area (Å²) >= 11 is 6.43. The number of para-hydroxylation sites is 1.